The van der Waals surface area contributed by atoms with Gasteiger partial charge in [0.05, 0.1) is 17.6 Å². The van der Waals surface area contributed by atoms with Gasteiger partial charge in [-0.2, -0.15) is 5.10 Å². The summed E-state index contributed by atoms with van der Waals surface area (Å²) in [5.41, 5.74) is 1.94. The van der Waals surface area contributed by atoms with E-state index >= 15 is 0 Å². The van der Waals surface area contributed by atoms with Crippen LogP contribution in [0.25, 0.3) is 10.8 Å². The van der Waals surface area contributed by atoms with E-state index in [4.69, 9.17) is 16.7 Å². The number of halogens is 1. The van der Waals surface area contributed by atoms with E-state index in [2.05, 4.69) is 4.90 Å². The van der Waals surface area contributed by atoms with Gasteiger partial charge in [0, 0.05) is 48.9 Å². The zero-order valence-electron chi connectivity index (χ0n) is 20.0. The Morgan fingerprint density at radius 3 is 2.50 bits per heavy atom. The van der Waals surface area contributed by atoms with Gasteiger partial charge in [0.25, 0.3) is 5.56 Å². The summed E-state index contributed by atoms with van der Waals surface area (Å²) in [5.74, 6) is 0.196. The number of hydrogen-bond acceptors (Lipinski definition) is 4. The van der Waals surface area contributed by atoms with Crippen LogP contribution in [0.3, 0.4) is 0 Å². The Balaban J connectivity index is 1.56. The molecule has 0 bridgehead atoms. The molecule has 6 nitrogen and oxygen atoms in total. The van der Waals surface area contributed by atoms with Crippen molar-refractivity contribution in [1.82, 2.24) is 19.6 Å². The molecular formula is C27H33ClN4O2. The summed E-state index contributed by atoms with van der Waals surface area (Å²) in [5, 5.41) is 7.13. The Kier molecular flexibility index (Phi) is 8.01. The molecule has 0 N–H and O–H groups in total. The zero-order chi connectivity index (χ0) is 24.1. The molecule has 1 amide bonds. The van der Waals surface area contributed by atoms with Crippen molar-refractivity contribution < 1.29 is 4.79 Å². The summed E-state index contributed by atoms with van der Waals surface area (Å²) < 4.78 is 1.64. The van der Waals surface area contributed by atoms with E-state index in [1.54, 1.807) is 4.68 Å². The Morgan fingerprint density at radius 2 is 1.79 bits per heavy atom. The van der Waals surface area contributed by atoms with Crippen molar-refractivity contribution in [3.63, 3.8) is 0 Å². The van der Waals surface area contributed by atoms with Crippen LogP contribution in [0, 0.1) is 0 Å². The van der Waals surface area contributed by atoms with Gasteiger partial charge < -0.3 is 4.90 Å². The van der Waals surface area contributed by atoms with Crippen LogP contribution in [0.1, 0.15) is 44.4 Å². The number of likely N-dealkylation sites (tertiary alicyclic amines) is 1. The van der Waals surface area contributed by atoms with Crippen LogP contribution in [-0.4, -0.2) is 57.7 Å². The van der Waals surface area contributed by atoms with Crippen LogP contribution >= 0.6 is 11.6 Å². The molecule has 2 heterocycles. The first-order valence-electron chi connectivity index (χ1n) is 12.2. The summed E-state index contributed by atoms with van der Waals surface area (Å²) in [4.78, 5) is 30.0. The maximum atomic E-state index is 13.3. The fraction of sp³-hybridized carbons (Fsp3) is 0.444. The Bertz CT molecular complexity index is 1190. The highest BCUT2D eigenvalue weighted by atomic mass is 35.5. The van der Waals surface area contributed by atoms with Gasteiger partial charge in [-0.05, 0) is 57.0 Å². The summed E-state index contributed by atoms with van der Waals surface area (Å²) in [6.45, 7) is 7.73. The largest absolute Gasteiger partial charge is 0.343 e. The minimum absolute atomic E-state index is 0.0541. The molecule has 7 heteroatoms. The topological polar surface area (TPSA) is 58.4 Å². The molecule has 1 aliphatic rings. The molecule has 0 aliphatic carbocycles. The first-order valence-corrected chi connectivity index (χ1v) is 12.6. The predicted molar refractivity (Wildman–Crippen MR) is 137 cm³/mol. The van der Waals surface area contributed by atoms with E-state index < -0.39 is 0 Å². The normalized spacial score (nSPS) is 16.3. The van der Waals surface area contributed by atoms with Gasteiger partial charge in [0.15, 0.2) is 0 Å². The fourth-order valence-corrected chi connectivity index (χ4v) is 5.05. The third-order valence-electron chi connectivity index (χ3n) is 6.84. The molecule has 1 atom stereocenters. The van der Waals surface area contributed by atoms with Crippen LogP contribution < -0.4 is 5.56 Å². The molecular weight excluding hydrogens is 448 g/mol. The summed E-state index contributed by atoms with van der Waals surface area (Å²) in [6, 6.07) is 15.7. The minimum Gasteiger partial charge on any atom is -0.343 e. The van der Waals surface area contributed by atoms with E-state index in [0.29, 0.717) is 29.8 Å². The third kappa shape index (κ3) is 5.50. The van der Waals surface area contributed by atoms with E-state index in [1.807, 2.05) is 67.3 Å². The SMILES string of the molecule is CCN(CC)C(=O)CCN1CCC[C@@H]1Cn1nc(Cc2ccc(Cl)cc2)c2ccccc2c1=O. The predicted octanol–water partition coefficient (Wildman–Crippen LogP) is 4.36. The van der Waals surface area contributed by atoms with Crippen molar-refractivity contribution in [2.45, 2.75) is 52.1 Å². The average molecular weight is 481 g/mol. The van der Waals surface area contributed by atoms with Gasteiger partial charge in [0.1, 0.15) is 0 Å². The van der Waals surface area contributed by atoms with Crippen molar-refractivity contribution >= 4 is 28.3 Å². The quantitative estimate of drug-likeness (QED) is 0.456. The number of carbonyl (C=O) groups is 1. The molecule has 180 valence electrons. The zero-order valence-corrected chi connectivity index (χ0v) is 20.8. The first-order chi connectivity index (χ1) is 16.5. The molecule has 0 spiro atoms. The van der Waals surface area contributed by atoms with Crippen LogP contribution in [-0.2, 0) is 17.8 Å². The molecule has 1 aromatic heterocycles. The maximum absolute atomic E-state index is 13.3. The van der Waals surface area contributed by atoms with Gasteiger partial charge in [-0.1, -0.05) is 41.9 Å². The van der Waals surface area contributed by atoms with Crippen LogP contribution in [0.4, 0.5) is 0 Å². The van der Waals surface area contributed by atoms with Crippen molar-refractivity contribution in [3.05, 3.63) is 75.2 Å². The summed E-state index contributed by atoms with van der Waals surface area (Å²) >= 11 is 6.05. The lowest BCUT2D eigenvalue weighted by Gasteiger charge is -2.26. The standard InChI is InChI=1S/C27H33ClN4O2/c1-3-30(4-2)26(33)15-17-31-16-7-8-22(31)19-32-27(34)24-10-6-5-9-23(24)25(29-32)18-20-11-13-21(28)14-12-20/h5-6,9-14,22H,3-4,7-8,15-19H2,1-2H3/t22-/m1/s1. The van der Waals surface area contributed by atoms with Gasteiger partial charge in [-0.25, -0.2) is 4.68 Å². The number of benzene rings is 2. The van der Waals surface area contributed by atoms with Crippen LogP contribution in [0.15, 0.2) is 53.3 Å². The molecule has 0 saturated carbocycles. The second-order valence-electron chi connectivity index (χ2n) is 8.93. The monoisotopic (exact) mass is 480 g/mol. The molecule has 0 radical (unpaired) electrons. The van der Waals surface area contributed by atoms with E-state index in [0.717, 1.165) is 55.7 Å². The molecule has 34 heavy (non-hydrogen) atoms. The molecule has 4 rings (SSSR count). The lowest BCUT2D eigenvalue weighted by atomic mass is 10.0. The first kappa shape index (κ1) is 24.4. The molecule has 1 saturated heterocycles. The number of fused-ring (bicyclic) bond motifs is 1. The Morgan fingerprint density at radius 1 is 1.09 bits per heavy atom. The second kappa shape index (κ2) is 11.2. The van der Waals surface area contributed by atoms with Crippen molar-refractivity contribution in [2.75, 3.05) is 26.2 Å². The number of carbonyl (C=O) groups excluding carboxylic acids is 1. The van der Waals surface area contributed by atoms with E-state index in [1.165, 1.54) is 0 Å². The number of aromatic nitrogens is 2. The number of hydrogen-bond donors (Lipinski definition) is 0. The van der Waals surface area contributed by atoms with Gasteiger partial charge >= 0.3 is 0 Å². The average Bonchev–Trinajstić information content (AvgIpc) is 3.29. The lowest BCUT2D eigenvalue weighted by Crippen LogP contribution is -2.40. The van der Waals surface area contributed by atoms with Gasteiger partial charge in [-0.3, -0.25) is 14.5 Å². The number of nitrogens with zero attached hydrogens (tertiary/aromatic N) is 4. The highest BCUT2D eigenvalue weighted by molar-refractivity contribution is 6.30. The fourth-order valence-electron chi connectivity index (χ4n) is 4.92. The number of rotatable bonds is 9. The smallest absolute Gasteiger partial charge is 0.274 e. The third-order valence-corrected chi connectivity index (χ3v) is 7.09. The van der Waals surface area contributed by atoms with Crippen LogP contribution in [0.5, 0.6) is 0 Å². The summed E-state index contributed by atoms with van der Waals surface area (Å²) in [7, 11) is 0. The maximum Gasteiger partial charge on any atom is 0.274 e. The highest BCUT2D eigenvalue weighted by Gasteiger charge is 2.27. The van der Waals surface area contributed by atoms with Crippen molar-refractivity contribution in [3.8, 4) is 0 Å². The highest BCUT2D eigenvalue weighted by Crippen LogP contribution is 2.21. The lowest BCUT2D eigenvalue weighted by molar-refractivity contribution is -0.131. The minimum atomic E-state index is -0.0541. The summed E-state index contributed by atoms with van der Waals surface area (Å²) in [6.07, 6.45) is 3.22. The van der Waals surface area contributed by atoms with Gasteiger partial charge in [-0.15, -0.1) is 0 Å². The second-order valence-corrected chi connectivity index (χ2v) is 9.37. The molecule has 2 aromatic carbocycles. The number of amides is 1. The molecule has 3 aromatic rings. The van der Waals surface area contributed by atoms with Crippen molar-refractivity contribution in [1.29, 1.82) is 0 Å². The van der Waals surface area contributed by atoms with Crippen molar-refractivity contribution in [2.24, 2.45) is 0 Å². The molecule has 1 fully saturated rings. The molecule has 1 aliphatic heterocycles. The van der Waals surface area contributed by atoms with Gasteiger partial charge in [0.2, 0.25) is 5.91 Å². The van der Waals surface area contributed by atoms with E-state index in [9.17, 15) is 9.59 Å². The molecule has 0 unspecified atom stereocenters. The van der Waals surface area contributed by atoms with Crippen LogP contribution in [0.2, 0.25) is 5.02 Å². The Hall–Kier alpha value is -2.70. The Labute approximate surface area is 206 Å². The van der Waals surface area contributed by atoms with E-state index in [-0.39, 0.29) is 17.5 Å².